The van der Waals surface area contributed by atoms with Crippen LogP contribution in [0, 0.1) is 24.1 Å². The smallest absolute Gasteiger partial charge is 0.123 e. The highest BCUT2D eigenvalue weighted by atomic mass is 19.1. The average molecular weight is 263 g/mol. The summed E-state index contributed by atoms with van der Waals surface area (Å²) in [6.45, 7) is 8.76. The predicted molar refractivity (Wildman–Crippen MR) is 78.8 cm³/mol. The van der Waals surface area contributed by atoms with Gasteiger partial charge in [0.1, 0.15) is 5.82 Å². The molecule has 19 heavy (non-hydrogen) atoms. The molecule has 1 nitrogen and oxygen atoms in total. The molecule has 1 aliphatic rings. The fourth-order valence-electron chi connectivity index (χ4n) is 2.97. The highest BCUT2D eigenvalue weighted by Crippen LogP contribution is 2.47. The van der Waals surface area contributed by atoms with Gasteiger partial charge < -0.3 is 5.32 Å². The maximum absolute atomic E-state index is 13.2. The molecule has 1 saturated carbocycles. The van der Waals surface area contributed by atoms with Crippen LogP contribution in [0.15, 0.2) is 18.2 Å². The first kappa shape index (κ1) is 14.5. The van der Waals surface area contributed by atoms with Crippen LogP contribution in [-0.2, 0) is 6.42 Å². The molecule has 1 aromatic rings. The Balaban J connectivity index is 2.07. The normalized spacial score (nSPS) is 18.3. The second-order valence-electron chi connectivity index (χ2n) is 6.35. The topological polar surface area (TPSA) is 12.0 Å². The third-order valence-electron chi connectivity index (χ3n) is 4.42. The van der Waals surface area contributed by atoms with E-state index in [9.17, 15) is 4.39 Å². The number of halogens is 1. The largest absolute Gasteiger partial charge is 0.316 e. The standard InChI is InChI=1S/C17H26FN/c1-4-9-19-12-17(3,15-6-7-15)11-14-5-8-16(18)10-13(14)2/h5,8,10,15,19H,4,6-7,9,11-12H2,1-3H3. The molecule has 0 spiro atoms. The number of benzene rings is 1. The molecule has 0 bridgehead atoms. The molecule has 0 heterocycles. The van der Waals surface area contributed by atoms with E-state index in [2.05, 4.69) is 19.2 Å². The number of rotatable bonds is 7. The minimum Gasteiger partial charge on any atom is -0.316 e. The first-order valence-corrected chi connectivity index (χ1v) is 7.51. The molecule has 1 N–H and O–H groups in total. The zero-order valence-electron chi connectivity index (χ0n) is 12.4. The van der Waals surface area contributed by atoms with Crippen molar-refractivity contribution in [2.45, 2.75) is 46.5 Å². The van der Waals surface area contributed by atoms with E-state index in [1.807, 2.05) is 13.0 Å². The van der Waals surface area contributed by atoms with Crippen molar-refractivity contribution >= 4 is 0 Å². The minimum atomic E-state index is -0.126. The summed E-state index contributed by atoms with van der Waals surface area (Å²) in [5.41, 5.74) is 2.70. The van der Waals surface area contributed by atoms with Gasteiger partial charge in [0.05, 0.1) is 0 Å². The zero-order valence-corrected chi connectivity index (χ0v) is 12.4. The van der Waals surface area contributed by atoms with Gasteiger partial charge in [0.25, 0.3) is 0 Å². The molecule has 106 valence electrons. The summed E-state index contributed by atoms with van der Waals surface area (Å²) in [6, 6.07) is 5.21. The summed E-state index contributed by atoms with van der Waals surface area (Å²) in [5.74, 6) is 0.708. The van der Waals surface area contributed by atoms with Crippen molar-refractivity contribution in [3.63, 3.8) is 0 Å². The molecule has 0 aromatic heterocycles. The van der Waals surface area contributed by atoms with Crippen LogP contribution in [0.4, 0.5) is 4.39 Å². The van der Waals surface area contributed by atoms with Gasteiger partial charge in [-0.3, -0.25) is 0 Å². The lowest BCUT2D eigenvalue weighted by Gasteiger charge is -2.31. The molecule has 1 aromatic carbocycles. The summed E-state index contributed by atoms with van der Waals surface area (Å²) in [6.07, 6.45) is 4.94. The molecule has 0 amide bonds. The summed E-state index contributed by atoms with van der Waals surface area (Å²) in [4.78, 5) is 0. The van der Waals surface area contributed by atoms with Gasteiger partial charge in [-0.05, 0) is 73.7 Å². The zero-order chi connectivity index (χ0) is 13.9. The summed E-state index contributed by atoms with van der Waals surface area (Å²) >= 11 is 0. The molecule has 2 heteroatoms. The van der Waals surface area contributed by atoms with Gasteiger partial charge in [0.15, 0.2) is 0 Å². The molecular formula is C17H26FN. The van der Waals surface area contributed by atoms with Crippen molar-refractivity contribution in [2.24, 2.45) is 11.3 Å². The molecule has 1 unspecified atom stereocenters. The fraction of sp³-hybridized carbons (Fsp3) is 0.647. The van der Waals surface area contributed by atoms with Crippen molar-refractivity contribution in [3.8, 4) is 0 Å². The number of aryl methyl sites for hydroxylation is 1. The lowest BCUT2D eigenvalue weighted by Crippen LogP contribution is -2.36. The molecule has 1 fully saturated rings. The van der Waals surface area contributed by atoms with Gasteiger partial charge in [-0.2, -0.15) is 0 Å². The van der Waals surface area contributed by atoms with Gasteiger partial charge >= 0.3 is 0 Å². The van der Waals surface area contributed by atoms with E-state index < -0.39 is 0 Å². The van der Waals surface area contributed by atoms with Crippen molar-refractivity contribution < 1.29 is 4.39 Å². The second-order valence-corrected chi connectivity index (χ2v) is 6.35. The molecule has 2 rings (SSSR count). The third kappa shape index (κ3) is 3.79. The molecule has 1 aliphatic carbocycles. The van der Waals surface area contributed by atoms with Gasteiger partial charge in [-0.15, -0.1) is 0 Å². The van der Waals surface area contributed by atoms with E-state index in [1.54, 1.807) is 12.1 Å². The maximum Gasteiger partial charge on any atom is 0.123 e. The van der Waals surface area contributed by atoms with Crippen LogP contribution < -0.4 is 5.32 Å². The monoisotopic (exact) mass is 263 g/mol. The Hall–Kier alpha value is -0.890. The lowest BCUT2D eigenvalue weighted by atomic mass is 9.78. The van der Waals surface area contributed by atoms with E-state index in [4.69, 9.17) is 0 Å². The number of hydrogen-bond acceptors (Lipinski definition) is 1. The van der Waals surface area contributed by atoms with Crippen LogP contribution >= 0.6 is 0 Å². The van der Waals surface area contributed by atoms with E-state index in [-0.39, 0.29) is 5.82 Å². The molecule has 1 atom stereocenters. The molecule has 0 aliphatic heterocycles. The Morgan fingerprint density at radius 1 is 1.37 bits per heavy atom. The summed E-state index contributed by atoms with van der Waals surface area (Å²) in [5, 5.41) is 3.57. The summed E-state index contributed by atoms with van der Waals surface area (Å²) in [7, 11) is 0. The second kappa shape index (κ2) is 6.04. The first-order valence-electron chi connectivity index (χ1n) is 7.51. The maximum atomic E-state index is 13.2. The van der Waals surface area contributed by atoms with Crippen molar-refractivity contribution in [1.82, 2.24) is 5.32 Å². The van der Waals surface area contributed by atoms with Crippen LogP contribution in [0.2, 0.25) is 0 Å². The fourth-order valence-corrected chi connectivity index (χ4v) is 2.97. The lowest BCUT2D eigenvalue weighted by molar-refractivity contribution is 0.256. The summed E-state index contributed by atoms with van der Waals surface area (Å²) < 4.78 is 13.2. The Morgan fingerprint density at radius 2 is 2.11 bits per heavy atom. The van der Waals surface area contributed by atoms with Gasteiger partial charge in [-0.25, -0.2) is 4.39 Å². The third-order valence-corrected chi connectivity index (χ3v) is 4.42. The van der Waals surface area contributed by atoms with Crippen molar-refractivity contribution in [2.75, 3.05) is 13.1 Å². The Bertz CT molecular complexity index is 425. The predicted octanol–water partition coefficient (Wildman–Crippen LogP) is 4.09. The van der Waals surface area contributed by atoms with Gasteiger partial charge in [0, 0.05) is 6.54 Å². The van der Waals surface area contributed by atoms with E-state index in [1.165, 1.54) is 24.8 Å². The molecule has 0 radical (unpaired) electrons. The van der Waals surface area contributed by atoms with Crippen LogP contribution in [0.1, 0.15) is 44.2 Å². The minimum absolute atomic E-state index is 0.126. The van der Waals surface area contributed by atoms with E-state index in [0.717, 1.165) is 31.0 Å². The molecular weight excluding hydrogens is 237 g/mol. The van der Waals surface area contributed by atoms with Crippen LogP contribution in [0.5, 0.6) is 0 Å². The van der Waals surface area contributed by atoms with E-state index >= 15 is 0 Å². The SMILES string of the molecule is CCCNCC(C)(Cc1ccc(F)cc1C)C1CC1. The first-order chi connectivity index (χ1) is 9.05. The van der Waals surface area contributed by atoms with Crippen molar-refractivity contribution in [1.29, 1.82) is 0 Å². The highest BCUT2D eigenvalue weighted by molar-refractivity contribution is 5.28. The molecule has 0 saturated heterocycles. The quantitative estimate of drug-likeness (QED) is 0.731. The van der Waals surface area contributed by atoms with Crippen molar-refractivity contribution in [3.05, 3.63) is 35.1 Å². The van der Waals surface area contributed by atoms with Crippen LogP contribution in [0.3, 0.4) is 0 Å². The van der Waals surface area contributed by atoms with E-state index in [0.29, 0.717) is 5.41 Å². The Kier molecular flexibility index (Phi) is 4.62. The highest BCUT2D eigenvalue weighted by Gasteiger charge is 2.41. The average Bonchev–Trinajstić information content (AvgIpc) is 3.18. The van der Waals surface area contributed by atoms with Gasteiger partial charge in [-0.1, -0.05) is 19.9 Å². The van der Waals surface area contributed by atoms with Crippen LogP contribution in [-0.4, -0.2) is 13.1 Å². The Labute approximate surface area is 116 Å². The number of hydrogen-bond donors (Lipinski definition) is 1. The van der Waals surface area contributed by atoms with Gasteiger partial charge in [0.2, 0.25) is 0 Å². The Morgan fingerprint density at radius 3 is 2.68 bits per heavy atom. The number of nitrogens with one attached hydrogen (secondary N) is 1. The van der Waals surface area contributed by atoms with Crippen LogP contribution in [0.25, 0.3) is 0 Å².